The molecule has 1 atom stereocenters. The minimum atomic E-state index is -0.232. The zero-order chi connectivity index (χ0) is 15.6. The summed E-state index contributed by atoms with van der Waals surface area (Å²) in [6, 6.07) is 15.0. The fourth-order valence-corrected chi connectivity index (χ4v) is 2.59. The fourth-order valence-electron chi connectivity index (χ4n) is 2.59. The predicted molar refractivity (Wildman–Crippen MR) is 84.8 cm³/mol. The molecule has 0 saturated heterocycles. The van der Waals surface area contributed by atoms with Crippen LogP contribution in [0, 0.1) is 0 Å². The molecule has 2 heterocycles. The number of aromatic amines is 1. The zero-order valence-corrected chi connectivity index (χ0v) is 12.3. The van der Waals surface area contributed by atoms with Gasteiger partial charge in [-0.2, -0.15) is 5.10 Å². The summed E-state index contributed by atoms with van der Waals surface area (Å²) in [6.07, 6.45) is -0.223. The molecular weight excluding hydrogens is 294 g/mol. The Labute approximate surface area is 132 Å². The Bertz CT molecular complexity index is 859. The van der Waals surface area contributed by atoms with E-state index in [4.69, 9.17) is 9.47 Å². The summed E-state index contributed by atoms with van der Waals surface area (Å²) in [4.78, 5) is 12.3. The Balaban J connectivity index is 1.43. The number of rotatable bonds is 3. The van der Waals surface area contributed by atoms with Crippen LogP contribution in [0.4, 0.5) is 0 Å². The van der Waals surface area contributed by atoms with Crippen LogP contribution in [-0.2, 0) is 0 Å². The van der Waals surface area contributed by atoms with E-state index >= 15 is 0 Å². The Hall–Kier alpha value is -3.02. The summed E-state index contributed by atoms with van der Waals surface area (Å²) >= 11 is 0. The number of H-pyrrole nitrogens is 1. The summed E-state index contributed by atoms with van der Waals surface area (Å²) < 4.78 is 11.5. The molecule has 1 aromatic heterocycles. The number of carbonyl (C=O) groups is 1. The number of hydrogen-bond donors (Lipinski definition) is 2. The monoisotopic (exact) mass is 309 g/mol. The van der Waals surface area contributed by atoms with Crippen molar-refractivity contribution >= 4 is 16.8 Å². The molecule has 116 valence electrons. The molecule has 0 saturated carbocycles. The minimum absolute atomic E-state index is 0.223. The van der Waals surface area contributed by atoms with E-state index in [0.717, 1.165) is 16.7 Å². The van der Waals surface area contributed by atoms with Gasteiger partial charge in [0.15, 0.2) is 17.2 Å². The van der Waals surface area contributed by atoms with Crippen LogP contribution in [0.1, 0.15) is 10.5 Å². The van der Waals surface area contributed by atoms with Gasteiger partial charge in [-0.3, -0.25) is 9.89 Å². The molecule has 6 heteroatoms. The summed E-state index contributed by atoms with van der Waals surface area (Å²) in [7, 11) is 0. The van der Waals surface area contributed by atoms with Gasteiger partial charge in [-0.25, -0.2) is 0 Å². The van der Waals surface area contributed by atoms with Gasteiger partial charge in [0.2, 0.25) is 0 Å². The second-order valence-electron chi connectivity index (χ2n) is 5.33. The number of benzene rings is 2. The third kappa shape index (κ3) is 2.59. The lowest BCUT2D eigenvalue weighted by atomic mass is 10.2. The van der Waals surface area contributed by atoms with E-state index in [-0.39, 0.29) is 12.0 Å². The van der Waals surface area contributed by atoms with E-state index in [2.05, 4.69) is 15.5 Å². The molecular formula is C17H15N3O3. The standard InChI is InChI=1S/C17H15N3O3/c21-17(16-12-5-1-2-6-13(12)19-20-16)18-9-11-10-22-14-7-3-4-8-15(14)23-11/h1-8,11H,9-10H2,(H,18,21)(H,19,20)/t11-/m1/s1. The molecule has 23 heavy (non-hydrogen) atoms. The number of amides is 1. The average Bonchev–Trinajstić information content (AvgIpc) is 3.03. The summed E-state index contributed by atoms with van der Waals surface area (Å²) in [5.41, 5.74) is 1.22. The summed E-state index contributed by atoms with van der Waals surface area (Å²) in [5.74, 6) is 1.20. The van der Waals surface area contributed by atoms with Crippen LogP contribution in [0.5, 0.6) is 11.5 Å². The lowest BCUT2D eigenvalue weighted by molar-refractivity contribution is 0.0787. The van der Waals surface area contributed by atoms with Gasteiger partial charge in [0, 0.05) is 5.39 Å². The largest absolute Gasteiger partial charge is 0.486 e. The van der Waals surface area contributed by atoms with E-state index in [1.54, 1.807) is 0 Å². The van der Waals surface area contributed by atoms with Gasteiger partial charge in [-0.1, -0.05) is 30.3 Å². The van der Waals surface area contributed by atoms with Crippen molar-refractivity contribution in [3.05, 3.63) is 54.2 Å². The van der Waals surface area contributed by atoms with Gasteiger partial charge in [0.25, 0.3) is 5.91 Å². The van der Waals surface area contributed by atoms with Crippen molar-refractivity contribution in [1.29, 1.82) is 0 Å². The molecule has 4 rings (SSSR count). The predicted octanol–water partition coefficient (Wildman–Crippen LogP) is 2.13. The summed E-state index contributed by atoms with van der Waals surface area (Å²) in [6.45, 7) is 0.757. The second kappa shape index (κ2) is 5.64. The van der Waals surface area contributed by atoms with Crippen LogP contribution in [0.3, 0.4) is 0 Å². The highest BCUT2D eigenvalue weighted by Gasteiger charge is 2.22. The number of para-hydroxylation sites is 3. The van der Waals surface area contributed by atoms with Gasteiger partial charge >= 0.3 is 0 Å². The van der Waals surface area contributed by atoms with E-state index in [0.29, 0.717) is 24.6 Å². The van der Waals surface area contributed by atoms with Crippen LogP contribution in [0.15, 0.2) is 48.5 Å². The highest BCUT2D eigenvalue weighted by atomic mass is 16.6. The highest BCUT2D eigenvalue weighted by molar-refractivity contribution is 6.04. The van der Waals surface area contributed by atoms with Crippen molar-refractivity contribution in [2.75, 3.05) is 13.2 Å². The number of aromatic nitrogens is 2. The molecule has 2 N–H and O–H groups in total. The third-order valence-corrected chi connectivity index (χ3v) is 3.74. The van der Waals surface area contributed by atoms with Crippen molar-refractivity contribution in [3.63, 3.8) is 0 Å². The Morgan fingerprint density at radius 3 is 2.87 bits per heavy atom. The fraction of sp³-hybridized carbons (Fsp3) is 0.176. The molecule has 0 aliphatic carbocycles. The van der Waals surface area contributed by atoms with Crippen LogP contribution < -0.4 is 14.8 Å². The number of nitrogens with one attached hydrogen (secondary N) is 2. The van der Waals surface area contributed by atoms with Gasteiger partial charge in [0.1, 0.15) is 12.7 Å². The SMILES string of the molecule is O=C(NC[C@@H]1COc2ccccc2O1)c1n[nH]c2ccccc12. The van der Waals surface area contributed by atoms with Crippen LogP contribution in [0.2, 0.25) is 0 Å². The number of hydrogen-bond acceptors (Lipinski definition) is 4. The number of fused-ring (bicyclic) bond motifs is 2. The zero-order valence-electron chi connectivity index (χ0n) is 12.3. The third-order valence-electron chi connectivity index (χ3n) is 3.74. The van der Waals surface area contributed by atoms with Crippen molar-refractivity contribution in [2.45, 2.75) is 6.10 Å². The molecule has 0 spiro atoms. The van der Waals surface area contributed by atoms with Crippen molar-refractivity contribution in [3.8, 4) is 11.5 Å². The molecule has 2 aromatic carbocycles. The second-order valence-corrected chi connectivity index (χ2v) is 5.33. The first-order valence-corrected chi connectivity index (χ1v) is 7.41. The van der Waals surface area contributed by atoms with Gasteiger partial charge < -0.3 is 14.8 Å². The Morgan fingerprint density at radius 2 is 1.96 bits per heavy atom. The minimum Gasteiger partial charge on any atom is -0.486 e. The smallest absolute Gasteiger partial charge is 0.272 e. The molecule has 6 nitrogen and oxygen atoms in total. The number of nitrogens with zero attached hydrogens (tertiary/aromatic N) is 1. The molecule has 1 aliphatic heterocycles. The average molecular weight is 309 g/mol. The molecule has 3 aromatic rings. The first kappa shape index (κ1) is 13.6. The van der Waals surface area contributed by atoms with Gasteiger partial charge in [-0.15, -0.1) is 0 Å². The maximum Gasteiger partial charge on any atom is 0.272 e. The van der Waals surface area contributed by atoms with Crippen LogP contribution >= 0.6 is 0 Å². The molecule has 0 bridgehead atoms. The van der Waals surface area contributed by atoms with E-state index in [1.165, 1.54) is 0 Å². The number of carbonyl (C=O) groups excluding carboxylic acids is 1. The van der Waals surface area contributed by atoms with E-state index in [1.807, 2.05) is 48.5 Å². The molecule has 0 fully saturated rings. The lowest BCUT2D eigenvalue weighted by Gasteiger charge is -2.26. The molecule has 1 aliphatic rings. The normalized spacial score (nSPS) is 16.3. The lowest BCUT2D eigenvalue weighted by Crippen LogP contribution is -2.40. The van der Waals surface area contributed by atoms with Crippen molar-refractivity contribution in [1.82, 2.24) is 15.5 Å². The quantitative estimate of drug-likeness (QED) is 0.777. The number of ether oxygens (including phenoxy) is 2. The van der Waals surface area contributed by atoms with E-state index < -0.39 is 0 Å². The highest BCUT2D eigenvalue weighted by Crippen LogP contribution is 2.30. The van der Waals surface area contributed by atoms with Crippen LogP contribution in [-0.4, -0.2) is 35.4 Å². The maximum absolute atomic E-state index is 12.3. The molecule has 0 unspecified atom stereocenters. The van der Waals surface area contributed by atoms with Gasteiger partial charge in [-0.05, 0) is 18.2 Å². The Kier molecular flexibility index (Phi) is 3.34. The van der Waals surface area contributed by atoms with Gasteiger partial charge in [0.05, 0.1) is 12.1 Å². The molecule has 1 amide bonds. The molecule has 0 radical (unpaired) electrons. The Morgan fingerprint density at radius 1 is 1.17 bits per heavy atom. The van der Waals surface area contributed by atoms with Crippen molar-refractivity contribution < 1.29 is 14.3 Å². The first-order valence-electron chi connectivity index (χ1n) is 7.41. The van der Waals surface area contributed by atoms with E-state index in [9.17, 15) is 4.79 Å². The first-order chi connectivity index (χ1) is 11.3. The topological polar surface area (TPSA) is 76.2 Å². The van der Waals surface area contributed by atoms with Crippen molar-refractivity contribution in [2.24, 2.45) is 0 Å². The summed E-state index contributed by atoms with van der Waals surface area (Å²) in [5, 5.41) is 10.6. The van der Waals surface area contributed by atoms with Crippen LogP contribution in [0.25, 0.3) is 10.9 Å². The maximum atomic E-state index is 12.3.